The number of hydrogen-bond acceptors (Lipinski definition) is 6. The molecule has 0 amide bonds. The van der Waals surface area contributed by atoms with Crippen LogP contribution in [0.25, 0.3) is 0 Å². The van der Waals surface area contributed by atoms with Gasteiger partial charge in [0, 0.05) is 17.1 Å². The molecule has 0 spiro atoms. The van der Waals surface area contributed by atoms with Crippen molar-refractivity contribution in [3.63, 3.8) is 0 Å². The zero-order chi connectivity index (χ0) is 18.5. The maximum absolute atomic E-state index is 12.2. The highest BCUT2D eigenvalue weighted by Gasteiger charge is 2.09. The van der Waals surface area contributed by atoms with E-state index in [2.05, 4.69) is 25.2 Å². The first-order valence-corrected chi connectivity index (χ1v) is 8.09. The fraction of sp³-hybridized carbons (Fsp3) is 0.111. The molecule has 0 aliphatic rings. The molecule has 26 heavy (non-hydrogen) atoms. The number of methoxy groups -OCH3 is 1. The van der Waals surface area contributed by atoms with Crippen molar-refractivity contribution in [1.29, 1.82) is 0 Å². The van der Waals surface area contributed by atoms with Crippen molar-refractivity contribution >= 4 is 29.2 Å². The molecule has 0 aliphatic heterocycles. The van der Waals surface area contributed by atoms with Crippen molar-refractivity contribution in [3.05, 3.63) is 80.7 Å². The van der Waals surface area contributed by atoms with Crippen molar-refractivity contribution in [2.45, 2.75) is 6.42 Å². The van der Waals surface area contributed by atoms with E-state index in [4.69, 9.17) is 11.6 Å². The van der Waals surface area contributed by atoms with Gasteiger partial charge in [0.15, 0.2) is 0 Å². The van der Waals surface area contributed by atoms with Crippen LogP contribution in [0.5, 0.6) is 0 Å². The summed E-state index contributed by atoms with van der Waals surface area (Å²) in [5.74, 6) is -0.225. The van der Waals surface area contributed by atoms with Crippen molar-refractivity contribution < 1.29 is 9.53 Å². The summed E-state index contributed by atoms with van der Waals surface area (Å²) in [4.78, 5) is 26.3. The molecule has 0 saturated carbocycles. The Morgan fingerprint density at radius 2 is 1.88 bits per heavy atom. The van der Waals surface area contributed by atoms with E-state index in [1.165, 1.54) is 7.11 Å². The molecule has 2 aromatic carbocycles. The number of esters is 1. The van der Waals surface area contributed by atoms with Gasteiger partial charge in [-0.25, -0.2) is 4.79 Å². The number of aromatic amines is 1. The fourth-order valence-corrected chi connectivity index (χ4v) is 2.50. The van der Waals surface area contributed by atoms with Crippen LogP contribution in [0.4, 0.5) is 11.6 Å². The van der Waals surface area contributed by atoms with Crippen LogP contribution in [0.1, 0.15) is 21.6 Å². The monoisotopic (exact) mass is 370 g/mol. The third kappa shape index (κ3) is 4.07. The van der Waals surface area contributed by atoms with Crippen molar-refractivity contribution in [1.82, 2.24) is 15.2 Å². The van der Waals surface area contributed by atoms with Gasteiger partial charge in [0.1, 0.15) is 5.69 Å². The summed E-state index contributed by atoms with van der Waals surface area (Å²) < 4.78 is 4.64. The Bertz CT molecular complexity index is 986. The number of carbonyl (C=O) groups excluding carboxylic acids is 1. The SMILES string of the molecule is COC(=O)c1ccc(Nc2nnc(Cc3ccccc3Cl)c(=O)[nH]2)cc1. The Morgan fingerprint density at radius 3 is 2.54 bits per heavy atom. The Kier molecular flexibility index (Phi) is 5.28. The van der Waals surface area contributed by atoms with Crippen LogP contribution in [0.15, 0.2) is 53.3 Å². The number of H-pyrrole nitrogens is 1. The highest BCUT2D eigenvalue weighted by molar-refractivity contribution is 6.31. The van der Waals surface area contributed by atoms with Gasteiger partial charge in [-0.3, -0.25) is 9.78 Å². The van der Waals surface area contributed by atoms with Crippen LogP contribution < -0.4 is 10.9 Å². The van der Waals surface area contributed by atoms with E-state index in [0.29, 0.717) is 16.3 Å². The number of hydrogen-bond donors (Lipinski definition) is 2. The van der Waals surface area contributed by atoms with Gasteiger partial charge in [-0.1, -0.05) is 29.8 Å². The molecule has 3 rings (SSSR count). The summed E-state index contributed by atoms with van der Waals surface area (Å²) in [7, 11) is 1.32. The predicted molar refractivity (Wildman–Crippen MR) is 98.0 cm³/mol. The largest absolute Gasteiger partial charge is 0.465 e. The van der Waals surface area contributed by atoms with E-state index >= 15 is 0 Å². The molecule has 0 radical (unpaired) electrons. The number of aromatic nitrogens is 3. The van der Waals surface area contributed by atoms with Crippen LogP contribution >= 0.6 is 11.6 Å². The summed E-state index contributed by atoms with van der Waals surface area (Å²) in [6.45, 7) is 0. The van der Waals surface area contributed by atoms with Crippen molar-refractivity contribution in [3.8, 4) is 0 Å². The quantitative estimate of drug-likeness (QED) is 0.670. The highest BCUT2D eigenvalue weighted by atomic mass is 35.5. The van der Waals surface area contributed by atoms with E-state index in [1.54, 1.807) is 30.3 Å². The van der Waals surface area contributed by atoms with Gasteiger partial charge in [0.2, 0.25) is 5.95 Å². The van der Waals surface area contributed by atoms with Crippen LogP contribution in [-0.2, 0) is 11.2 Å². The zero-order valence-electron chi connectivity index (χ0n) is 13.8. The lowest BCUT2D eigenvalue weighted by Gasteiger charge is -2.07. The fourth-order valence-electron chi connectivity index (χ4n) is 2.30. The molecule has 132 valence electrons. The standard InChI is InChI=1S/C18H15ClN4O3/c1-26-17(25)11-6-8-13(9-7-11)20-18-21-16(24)15(22-23-18)10-12-4-2-3-5-14(12)19/h2-9H,10H2,1H3,(H2,20,21,23,24). The number of ether oxygens (including phenoxy) is 1. The molecule has 0 unspecified atom stereocenters. The second-order valence-corrected chi connectivity index (χ2v) is 5.82. The number of benzene rings is 2. The van der Waals surface area contributed by atoms with Gasteiger partial charge >= 0.3 is 5.97 Å². The Labute approximate surface area is 154 Å². The third-order valence-corrected chi connectivity index (χ3v) is 4.02. The van der Waals surface area contributed by atoms with Gasteiger partial charge in [-0.2, -0.15) is 0 Å². The first kappa shape index (κ1) is 17.6. The number of rotatable bonds is 5. The molecular weight excluding hydrogens is 356 g/mol. The molecule has 0 aliphatic carbocycles. The number of nitrogens with one attached hydrogen (secondary N) is 2. The first-order chi connectivity index (χ1) is 12.6. The van der Waals surface area contributed by atoms with E-state index in [9.17, 15) is 9.59 Å². The van der Waals surface area contributed by atoms with Crippen LogP contribution in [0.2, 0.25) is 5.02 Å². The topological polar surface area (TPSA) is 97.0 Å². The average molecular weight is 371 g/mol. The van der Waals surface area contributed by atoms with E-state index < -0.39 is 5.97 Å². The number of carbonyl (C=O) groups is 1. The lowest BCUT2D eigenvalue weighted by molar-refractivity contribution is 0.0601. The Morgan fingerprint density at radius 1 is 1.15 bits per heavy atom. The molecule has 1 aromatic heterocycles. The molecule has 0 fully saturated rings. The van der Waals surface area contributed by atoms with Crippen LogP contribution in [0, 0.1) is 0 Å². The summed E-state index contributed by atoms with van der Waals surface area (Å²) in [6.07, 6.45) is 0.288. The van der Waals surface area contributed by atoms with Crippen LogP contribution in [-0.4, -0.2) is 28.3 Å². The van der Waals surface area contributed by atoms with Crippen LogP contribution in [0.3, 0.4) is 0 Å². The Hall–Kier alpha value is -3.19. The predicted octanol–water partition coefficient (Wildman–Crippen LogP) is 2.94. The lowest BCUT2D eigenvalue weighted by atomic mass is 10.1. The van der Waals surface area contributed by atoms with Gasteiger partial charge in [-0.15, -0.1) is 10.2 Å². The summed E-state index contributed by atoms with van der Waals surface area (Å²) in [6, 6.07) is 13.8. The second kappa shape index (κ2) is 7.79. The van der Waals surface area contributed by atoms with Gasteiger partial charge in [-0.05, 0) is 35.9 Å². The molecule has 0 bridgehead atoms. The molecule has 2 N–H and O–H groups in total. The highest BCUT2D eigenvalue weighted by Crippen LogP contribution is 2.17. The van der Waals surface area contributed by atoms with Crippen molar-refractivity contribution in [2.24, 2.45) is 0 Å². The number of anilines is 2. The van der Waals surface area contributed by atoms with E-state index in [1.807, 2.05) is 18.2 Å². The lowest BCUT2D eigenvalue weighted by Crippen LogP contribution is -2.19. The number of nitrogens with zero attached hydrogens (tertiary/aromatic N) is 2. The second-order valence-electron chi connectivity index (χ2n) is 5.41. The van der Waals surface area contributed by atoms with E-state index in [-0.39, 0.29) is 23.6 Å². The molecule has 7 nitrogen and oxygen atoms in total. The molecule has 0 saturated heterocycles. The summed E-state index contributed by atoms with van der Waals surface area (Å²) in [5, 5.41) is 11.5. The minimum atomic E-state index is -0.423. The minimum absolute atomic E-state index is 0.198. The first-order valence-electron chi connectivity index (χ1n) is 7.71. The molecular formula is C18H15ClN4O3. The van der Waals surface area contributed by atoms with Crippen molar-refractivity contribution in [2.75, 3.05) is 12.4 Å². The summed E-state index contributed by atoms with van der Waals surface area (Å²) >= 11 is 6.10. The zero-order valence-corrected chi connectivity index (χ0v) is 14.6. The smallest absolute Gasteiger partial charge is 0.337 e. The third-order valence-electron chi connectivity index (χ3n) is 3.65. The molecule has 0 atom stereocenters. The average Bonchev–Trinajstić information content (AvgIpc) is 2.65. The maximum atomic E-state index is 12.2. The van der Waals surface area contributed by atoms with Gasteiger partial charge in [0.25, 0.3) is 5.56 Å². The molecule has 3 aromatic rings. The maximum Gasteiger partial charge on any atom is 0.337 e. The van der Waals surface area contributed by atoms with Gasteiger partial charge in [0.05, 0.1) is 12.7 Å². The van der Waals surface area contributed by atoms with Gasteiger partial charge < -0.3 is 10.1 Å². The number of halogens is 1. The summed E-state index contributed by atoms with van der Waals surface area (Å²) in [5.41, 5.74) is 1.78. The molecule has 1 heterocycles. The minimum Gasteiger partial charge on any atom is -0.465 e. The Balaban J connectivity index is 1.74. The molecule has 8 heteroatoms. The normalized spacial score (nSPS) is 10.4. The van der Waals surface area contributed by atoms with E-state index in [0.717, 1.165) is 5.56 Å².